The molecule has 0 bridgehead atoms. The molecule has 0 atom stereocenters. The van der Waals surface area contributed by atoms with Crippen LogP contribution in [0, 0.1) is 5.92 Å². The van der Waals surface area contributed by atoms with E-state index in [9.17, 15) is 14.4 Å². The summed E-state index contributed by atoms with van der Waals surface area (Å²) in [6.07, 6.45) is 2.56. The molecule has 4 rings (SSSR count). The van der Waals surface area contributed by atoms with Crippen molar-refractivity contribution in [3.63, 3.8) is 0 Å². The van der Waals surface area contributed by atoms with Crippen molar-refractivity contribution in [3.8, 4) is 11.3 Å². The molecule has 9 heteroatoms. The van der Waals surface area contributed by atoms with Crippen LogP contribution in [-0.2, 0) is 20.9 Å². The van der Waals surface area contributed by atoms with Gasteiger partial charge in [-0.1, -0.05) is 30.3 Å². The van der Waals surface area contributed by atoms with Crippen LogP contribution in [0.4, 0.5) is 0 Å². The van der Waals surface area contributed by atoms with E-state index >= 15 is 0 Å². The Balaban J connectivity index is 1.46. The Morgan fingerprint density at radius 3 is 2.60 bits per heavy atom. The van der Waals surface area contributed by atoms with E-state index in [1.165, 1.54) is 10.8 Å². The number of fused-ring (bicyclic) bond motifs is 1. The van der Waals surface area contributed by atoms with Gasteiger partial charge in [-0.15, -0.1) is 0 Å². The van der Waals surface area contributed by atoms with Gasteiger partial charge in [-0.25, -0.2) is 9.20 Å². The molecule has 2 aromatic heterocycles. The summed E-state index contributed by atoms with van der Waals surface area (Å²) in [4.78, 5) is 39.0. The maximum atomic E-state index is 12.8. The number of rotatable bonds is 5. The van der Waals surface area contributed by atoms with E-state index in [0.29, 0.717) is 43.7 Å². The van der Waals surface area contributed by atoms with Crippen molar-refractivity contribution in [1.82, 2.24) is 24.3 Å². The van der Waals surface area contributed by atoms with E-state index in [1.54, 1.807) is 17.9 Å². The van der Waals surface area contributed by atoms with Gasteiger partial charge in [0, 0.05) is 18.7 Å². The predicted octanol–water partition coefficient (Wildman–Crippen LogP) is 1.36. The van der Waals surface area contributed by atoms with Crippen molar-refractivity contribution in [3.05, 3.63) is 53.1 Å². The molecule has 0 saturated carbocycles. The zero-order chi connectivity index (χ0) is 21.1. The fraction of sp³-hybridized carbons (Fsp3) is 0.381. The van der Waals surface area contributed by atoms with Crippen molar-refractivity contribution in [2.45, 2.75) is 26.3 Å². The van der Waals surface area contributed by atoms with Crippen molar-refractivity contribution in [1.29, 1.82) is 0 Å². The van der Waals surface area contributed by atoms with Crippen molar-refractivity contribution in [2.75, 3.05) is 19.7 Å². The molecule has 3 heterocycles. The van der Waals surface area contributed by atoms with E-state index in [0.717, 1.165) is 10.2 Å². The maximum Gasteiger partial charge on any atom is 0.309 e. The topological polar surface area (TPSA) is 98.8 Å². The van der Waals surface area contributed by atoms with E-state index in [4.69, 9.17) is 4.74 Å². The van der Waals surface area contributed by atoms with Gasteiger partial charge in [0.05, 0.1) is 18.2 Å². The van der Waals surface area contributed by atoms with Gasteiger partial charge >= 0.3 is 5.97 Å². The van der Waals surface area contributed by atoms with Gasteiger partial charge in [-0.2, -0.15) is 10.2 Å². The van der Waals surface area contributed by atoms with Crippen LogP contribution < -0.4 is 5.56 Å². The number of esters is 1. The summed E-state index contributed by atoms with van der Waals surface area (Å²) in [5.74, 6) is -0.573. The second-order valence-corrected chi connectivity index (χ2v) is 7.23. The SMILES string of the molecule is CCOC(=O)C1CCN(C(=O)Cn2ncn3nc(-c4ccccc4)cc3c2=O)CC1. The first-order valence-corrected chi connectivity index (χ1v) is 10.0. The monoisotopic (exact) mass is 409 g/mol. The number of piperidine rings is 1. The van der Waals surface area contributed by atoms with Crippen LogP contribution in [-0.4, -0.2) is 55.9 Å². The smallest absolute Gasteiger partial charge is 0.309 e. The predicted molar refractivity (Wildman–Crippen MR) is 109 cm³/mol. The van der Waals surface area contributed by atoms with E-state index in [2.05, 4.69) is 10.2 Å². The zero-order valence-electron chi connectivity index (χ0n) is 16.7. The summed E-state index contributed by atoms with van der Waals surface area (Å²) in [5, 5.41) is 8.49. The summed E-state index contributed by atoms with van der Waals surface area (Å²) in [7, 11) is 0. The minimum atomic E-state index is -0.373. The minimum absolute atomic E-state index is 0.148. The van der Waals surface area contributed by atoms with E-state index in [-0.39, 0.29) is 29.9 Å². The van der Waals surface area contributed by atoms with Crippen molar-refractivity contribution >= 4 is 17.4 Å². The molecule has 1 aliphatic rings. The van der Waals surface area contributed by atoms with Gasteiger partial charge in [-0.05, 0) is 25.8 Å². The molecule has 9 nitrogen and oxygen atoms in total. The normalized spacial score (nSPS) is 14.8. The Morgan fingerprint density at radius 2 is 1.90 bits per heavy atom. The Hall–Kier alpha value is -3.49. The molecule has 0 N–H and O–H groups in total. The Morgan fingerprint density at radius 1 is 1.17 bits per heavy atom. The number of aromatic nitrogens is 4. The van der Waals surface area contributed by atoms with Gasteiger partial charge in [0.25, 0.3) is 5.56 Å². The maximum absolute atomic E-state index is 12.8. The van der Waals surface area contributed by atoms with Crippen LogP contribution in [0.3, 0.4) is 0 Å². The molecule has 30 heavy (non-hydrogen) atoms. The molecule has 1 fully saturated rings. The number of carbonyl (C=O) groups excluding carboxylic acids is 2. The molecule has 0 spiro atoms. The first-order chi connectivity index (χ1) is 14.6. The number of ether oxygens (including phenoxy) is 1. The lowest BCUT2D eigenvalue weighted by atomic mass is 9.97. The largest absolute Gasteiger partial charge is 0.466 e. The quantitative estimate of drug-likeness (QED) is 0.590. The van der Waals surface area contributed by atoms with Crippen LogP contribution >= 0.6 is 0 Å². The third-order valence-corrected chi connectivity index (χ3v) is 5.31. The van der Waals surface area contributed by atoms with Crippen LogP contribution in [0.25, 0.3) is 16.8 Å². The standard InChI is InChI=1S/C21H23N5O4/c1-2-30-21(29)16-8-10-24(11-9-16)19(27)13-25-20(28)18-12-17(23-26(18)14-22-25)15-6-4-3-5-7-15/h3-7,12,14,16H,2,8-11,13H2,1H3. The number of likely N-dealkylation sites (tertiary alicyclic amines) is 1. The third-order valence-electron chi connectivity index (χ3n) is 5.31. The molecular formula is C21H23N5O4. The number of carbonyl (C=O) groups is 2. The van der Waals surface area contributed by atoms with Gasteiger partial charge in [0.15, 0.2) is 0 Å². The third kappa shape index (κ3) is 3.96. The lowest BCUT2D eigenvalue weighted by molar-refractivity contribution is -0.151. The Labute approximate surface area is 172 Å². The highest BCUT2D eigenvalue weighted by Gasteiger charge is 2.28. The molecule has 1 aliphatic heterocycles. The van der Waals surface area contributed by atoms with Crippen LogP contribution in [0.5, 0.6) is 0 Å². The van der Waals surface area contributed by atoms with Crippen LogP contribution in [0.2, 0.25) is 0 Å². The first kappa shape index (κ1) is 19.8. The number of hydrogen-bond acceptors (Lipinski definition) is 6. The lowest BCUT2D eigenvalue weighted by Crippen LogP contribution is -2.43. The molecule has 1 saturated heterocycles. The second kappa shape index (κ2) is 8.48. The molecule has 0 aliphatic carbocycles. The molecule has 3 aromatic rings. The van der Waals surface area contributed by atoms with Crippen LogP contribution in [0.1, 0.15) is 19.8 Å². The summed E-state index contributed by atoms with van der Waals surface area (Å²) in [6.45, 7) is 2.91. The molecule has 1 aromatic carbocycles. The summed E-state index contributed by atoms with van der Waals surface area (Å²) in [5.41, 5.74) is 1.55. The highest BCUT2D eigenvalue weighted by Crippen LogP contribution is 2.19. The van der Waals surface area contributed by atoms with Gasteiger partial charge in [-0.3, -0.25) is 14.4 Å². The summed E-state index contributed by atoms with van der Waals surface area (Å²) >= 11 is 0. The lowest BCUT2D eigenvalue weighted by Gasteiger charge is -2.30. The van der Waals surface area contributed by atoms with E-state index < -0.39 is 0 Å². The zero-order valence-corrected chi connectivity index (χ0v) is 16.7. The average Bonchev–Trinajstić information content (AvgIpc) is 3.22. The number of amides is 1. The summed E-state index contributed by atoms with van der Waals surface area (Å²) in [6, 6.07) is 11.2. The van der Waals surface area contributed by atoms with Gasteiger partial charge < -0.3 is 9.64 Å². The first-order valence-electron chi connectivity index (χ1n) is 10.0. The van der Waals surface area contributed by atoms with Crippen molar-refractivity contribution in [2.24, 2.45) is 5.92 Å². The Bertz CT molecular complexity index is 1110. The molecule has 0 radical (unpaired) electrons. The number of benzene rings is 1. The highest BCUT2D eigenvalue weighted by atomic mass is 16.5. The van der Waals surface area contributed by atoms with Gasteiger partial charge in [0.2, 0.25) is 5.91 Å². The van der Waals surface area contributed by atoms with Crippen LogP contribution in [0.15, 0.2) is 47.5 Å². The number of hydrogen-bond donors (Lipinski definition) is 0. The fourth-order valence-electron chi connectivity index (χ4n) is 3.65. The van der Waals surface area contributed by atoms with Gasteiger partial charge in [0.1, 0.15) is 18.4 Å². The van der Waals surface area contributed by atoms with Crippen molar-refractivity contribution < 1.29 is 14.3 Å². The summed E-state index contributed by atoms with van der Waals surface area (Å²) < 4.78 is 7.64. The molecule has 156 valence electrons. The number of nitrogens with zero attached hydrogens (tertiary/aromatic N) is 5. The minimum Gasteiger partial charge on any atom is -0.466 e. The Kier molecular flexibility index (Phi) is 5.60. The fourth-order valence-corrected chi connectivity index (χ4v) is 3.65. The molecule has 1 amide bonds. The molecular weight excluding hydrogens is 386 g/mol. The van der Waals surface area contributed by atoms with E-state index in [1.807, 2.05) is 30.3 Å². The average molecular weight is 409 g/mol. The molecule has 0 unspecified atom stereocenters. The highest BCUT2D eigenvalue weighted by molar-refractivity contribution is 5.77. The second-order valence-electron chi connectivity index (χ2n) is 7.23.